The fourth-order valence-corrected chi connectivity index (χ4v) is 3.88. The lowest BCUT2D eigenvalue weighted by Gasteiger charge is -2.27. The summed E-state index contributed by atoms with van der Waals surface area (Å²) in [6.07, 6.45) is 4.40. The lowest BCUT2D eigenvalue weighted by Crippen LogP contribution is -2.39. The van der Waals surface area contributed by atoms with Gasteiger partial charge >= 0.3 is 6.03 Å². The Labute approximate surface area is 160 Å². The first kappa shape index (κ1) is 16.9. The summed E-state index contributed by atoms with van der Waals surface area (Å²) in [5.41, 5.74) is 1.83. The number of ether oxygens (including phenoxy) is 1. The van der Waals surface area contributed by atoms with Crippen LogP contribution in [-0.2, 0) is 0 Å². The van der Waals surface area contributed by atoms with E-state index in [1.54, 1.807) is 0 Å². The molecule has 0 unspecified atom stereocenters. The maximum Gasteiger partial charge on any atom is 0.328 e. The molecule has 0 spiro atoms. The van der Waals surface area contributed by atoms with E-state index in [0.29, 0.717) is 28.4 Å². The molecule has 0 radical (unpaired) electrons. The van der Waals surface area contributed by atoms with Crippen molar-refractivity contribution in [1.29, 1.82) is 0 Å². The highest BCUT2D eigenvalue weighted by molar-refractivity contribution is 5.87. The topological polar surface area (TPSA) is 85.2 Å². The molecular weight excluding hydrogens is 363 g/mol. The summed E-state index contributed by atoms with van der Waals surface area (Å²) in [4.78, 5) is 27.9. The molecule has 1 N–H and O–H groups in total. The number of hydrogen-bond acceptors (Lipinski definition) is 6. The van der Waals surface area contributed by atoms with Crippen molar-refractivity contribution >= 4 is 23.0 Å². The van der Waals surface area contributed by atoms with E-state index >= 15 is 0 Å². The second-order valence-electron chi connectivity index (χ2n) is 7.19. The molecule has 2 aliphatic heterocycles. The molecule has 8 nitrogen and oxygen atoms in total. The van der Waals surface area contributed by atoms with Crippen LogP contribution in [-0.4, -0.2) is 44.7 Å². The maximum absolute atomic E-state index is 14.0. The van der Waals surface area contributed by atoms with Crippen LogP contribution in [0.3, 0.4) is 0 Å². The van der Waals surface area contributed by atoms with Crippen molar-refractivity contribution in [2.45, 2.75) is 31.8 Å². The fraction of sp³-hybridized carbons (Fsp3) is 0.368. The number of imidazole rings is 1. The second kappa shape index (κ2) is 6.43. The largest absolute Gasteiger partial charge is 0.475 e. The number of pyridine rings is 2. The molecule has 1 fully saturated rings. The standard InChI is InChI=1S/C19H19FN6O2/c1-11-9-28-18-13(7-12(20)8-21-18)15-3-2-6-25(15)16-5-4-14-17(24-16)26(10-22-14)19(27)23-11/h4-5,7-8,10-11,15H,2-3,6,9H2,1H3,(H,23,27)/t11-,15-/m1/s1. The minimum atomic E-state index is -0.402. The van der Waals surface area contributed by atoms with E-state index in [1.807, 2.05) is 19.1 Å². The van der Waals surface area contributed by atoms with Crippen molar-refractivity contribution in [3.63, 3.8) is 0 Å². The van der Waals surface area contributed by atoms with Crippen LogP contribution in [0.1, 0.15) is 31.4 Å². The van der Waals surface area contributed by atoms with Gasteiger partial charge in [-0.15, -0.1) is 0 Å². The SMILES string of the molecule is C[C@@H]1COc2ncc(F)cc2[C@H]2CCCN2c2ccc3ncn(c3n2)C(=O)N1. The van der Waals surface area contributed by atoms with Gasteiger partial charge in [0.05, 0.1) is 18.3 Å². The average Bonchev–Trinajstić information content (AvgIpc) is 3.32. The quantitative estimate of drug-likeness (QED) is 0.643. The van der Waals surface area contributed by atoms with Crippen LogP contribution < -0.4 is 15.0 Å². The molecule has 0 aromatic carbocycles. The second-order valence-corrected chi connectivity index (χ2v) is 7.19. The van der Waals surface area contributed by atoms with Gasteiger partial charge in [-0.3, -0.25) is 0 Å². The first-order valence-corrected chi connectivity index (χ1v) is 9.30. The predicted octanol–water partition coefficient (Wildman–Crippen LogP) is 2.65. The highest BCUT2D eigenvalue weighted by atomic mass is 19.1. The zero-order valence-electron chi connectivity index (χ0n) is 15.3. The van der Waals surface area contributed by atoms with Crippen LogP contribution in [0.5, 0.6) is 5.88 Å². The number of fused-ring (bicyclic) bond motifs is 5. The molecule has 5 rings (SSSR count). The Balaban J connectivity index is 1.69. The van der Waals surface area contributed by atoms with E-state index in [1.165, 1.54) is 17.0 Å². The van der Waals surface area contributed by atoms with Crippen LogP contribution in [0.2, 0.25) is 0 Å². The van der Waals surface area contributed by atoms with Gasteiger partial charge < -0.3 is 15.0 Å². The molecule has 2 atom stereocenters. The van der Waals surface area contributed by atoms with Gasteiger partial charge in [0.15, 0.2) is 5.65 Å². The Kier molecular flexibility index (Phi) is 3.88. The molecule has 3 aromatic rings. The first-order valence-electron chi connectivity index (χ1n) is 9.30. The summed E-state index contributed by atoms with van der Waals surface area (Å²) in [6.45, 7) is 2.82. The van der Waals surface area contributed by atoms with Crippen molar-refractivity contribution in [3.8, 4) is 5.88 Å². The molecule has 2 bridgehead atoms. The number of amides is 1. The summed E-state index contributed by atoms with van der Waals surface area (Å²) in [6, 6.07) is 4.50. The Morgan fingerprint density at radius 3 is 3.11 bits per heavy atom. The molecule has 5 heterocycles. The lowest BCUT2D eigenvalue weighted by atomic mass is 10.1. The zero-order chi connectivity index (χ0) is 19.3. The van der Waals surface area contributed by atoms with Gasteiger partial charge in [-0.25, -0.2) is 28.7 Å². The van der Waals surface area contributed by atoms with Gasteiger partial charge in [0.2, 0.25) is 5.88 Å². The van der Waals surface area contributed by atoms with E-state index < -0.39 is 5.82 Å². The Morgan fingerprint density at radius 1 is 1.32 bits per heavy atom. The van der Waals surface area contributed by atoms with Gasteiger partial charge in [-0.2, -0.15) is 0 Å². The van der Waals surface area contributed by atoms with Gasteiger partial charge in [0, 0.05) is 12.1 Å². The average molecular weight is 382 g/mol. The van der Waals surface area contributed by atoms with E-state index in [-0.39, 0.29) is 24.7 Å². The Morgan fingerprint density at radius 2 is 2.21 bits per heavy atom. The number of nitrogens with zero attached hydrogens (tertiary/aromatic N) is 5. The predicted molar refractivity (Wildman–Crippen MR) is 99.9 cm³/mol. The lowest BCUT2D eigenvalue weighted by molar-refractivity contribution is 0.225. The highest BCUT2D eigenvalue weighted by Crippen LogP contribution is 2.39. The summed E-state index contributed by atoms with van der Waals surface area (Å²) in [7, 11) is 0. The minimum absolute atomic E-state index is 0.0979. The van der Waals surface area contributed by atoms with Gasteiger partial charge in [0.1, 0.15) is 30.1 Å². The van der Waals surface area contributed by atoms with E-state index in [4.69, 9.17) is 9.72 Å². The Hall–Kier alpha value is -3.23. The molecule has 28 heavy (non-hydrogen) atoms. The highest BCUT2D eigenvalue weighted by Gasteiger charge is 2.31. The van der Waals surface area contributed by atoms with Crippen LogP contribution in [0.15, 0.2) is 30.7 Å². The molecule has 2 aliphatic rings. The fourth-order valence-electron chi connectivity index (χ4n) is 3.88. The summed E-state index contributed by atoms with van der Waals surface area (Å²) >= 11 is 0. The molecule has 0 aliphatic carbocycles. The number of aromatic nitrogens is 4. The van der Waals surface area contributed by atoms with Crippen molar-refractivity contribution < 1.29 is 13.9 Å². The van der Waals surface area contributed by atoms with E-state index in [9.17, 15) is 9.18 Å². The summed E-state index contributed by atoms with van der Waals surface area (Å²) in [5, 5.41) is 2.87. The summed E-state index contributed by atoms with van der Waals surface area (Å²) < 4.78 is 21.3. The Bertz CT molecular complexity index is 1070. The monoisotopic (exact) mass is 382 g/mol. The molecule has 3 aromatic heterocycles. The van der Waals surface area contributed by atoms with Crippen LogP contribution in [0.4, 0.5) is 15.0 Å². The molecule has 1 saturated heterocycles. The van der Waals surface area contributed by atoms with Crippen LogP contribution in [0.25, 0.3) is 11.2 Å². The third kappa shape index (κ3) is 2.74. The van der Waals surface area contributed by atoms with E-state index in [0.717, 1.165) is 25.6 Å². The third-order valence-corrected chi connectivity index (χ3v) is 5.19. The molecule has 144 valence electrons. The van der Waals surface area contributed by atoms with Crippen LogP contribution >= 0.6 is 0 Å². The molecule has 1 amide bonds. The number of carbonyl (C=O) groups excluding carboxylic acids is 1. The van der Waals surface area contributed by atoms with E-state index in [2.05, 4.69) is 20.2 Å². The first-order chi connectivity index (χ1) is 13.6. The number of hydrogen-bond donors (Lipinski definition) is 1. The van der Waals surface area contributed by atoms with Gasteiger partial charge in [0.25, 0.3) is 0 Å². The maximum atomic E-state index is 14.0. The smallest absolute Gasteiger partial charge is 0.328 e. The van der Waals surface area contributed by atoms with Crippen molar-refractivity contribution in [3.05, 3.63) is 42.1 Å². The van der Waals surface area contributed by atoms with Gasteiger partial charge in [-0.1, -0.05) is 0 Å². The van der Waals surface area contributed by atoms with Gasteiger partial charge in [-0.05, 0) is 38.0 Å². The van der Waals surface area contributed by atoms with Crippen molar-refractivity contribution in [2.75, 3.05) is 18.1 Å². The number of nitrogens with one attached hydrogen (secondary N) is 1. The normalized spacial score (nSPS) is 21.9. The number of carbonyl (C=O) groups is 1. The molecule has 9 heteroatoms. The third-order valence-electron chi connectivity index (χ3n) is 5.19. The zero-order valence-corrected chi connectivity index (χ0v) is 15.3. The van der Waals surface area contributed by atoms with Crippen LogP contribution in [0, 0.1) is 5.82 Å². The summed E-state index contributed by atoms with van der Waals surface area (Å²) in [5.74, 6) is 0.703. The van der Waals surface area contributed by atoms with Crippen molar-refractivity contribution in [2.24, 2.45) is 0 Å². The minimum Gasteiger partial charge on any atom is -0.475 e. The number of anilines is 1. The molecule has 0 saturated carbocycles. The number of halogens is 1. The number of rotatable bonds is 0. The van der Waals surface area contributed by atoms with Crippen molar-refractivity contribution in [1.82, 2.24) is 24.8 Å². The molecular formula is C19H19FN6O2.